The van der Waals surface area contributed by atoms with E-state index in [-0.39, 0.29) is 5.92 Å². The summed E-state index contributed by atoms with van der Waals surface area (Å²) in [5.74, 6) is 2.89. The zero-order valence-corrected chi connectivity index (χ0v) is 30.4. The third-order valence-electron chi connectivity index (χ3n) is 9.68. The summed E-state index contributed by atoms with van der Waals surface area (Å²) in [5.41, 5.74) is 8.69. The zero-order chi connectivity index (χ0) is 34.8. The second-order valence-corrected chi connectivity index (χ2v) is 14.6. The number of aliphatic imine (C=N–C) groups is 1. The summed E-state index contributed by atoms with van der Waals surface area (Å²) in [5, 5.41) is 23.1. The summed E-state index contributed by atoms with van der Waals surface area (Å²) in [6, 6.07) is 2.59. The van der Waals surface area contributed by atoms with E-state index < -0.39 is 0 Å². The van der Waals surface area contributed by atoms with Crippen molar-refractivity contribution in [2.75, 3.05) is 45.1 Å². The quantitative estimate of drug-likeness (QED) is 0.125. The van der Waals surface area contributed by atoms with Gasteiger partial charge in [-0.1, -0.05) is 49.2 Å². The van der Waals surface area contributed by atoms with Crippen LogP contribution in [0.4, 0.5) is 5.00 Å². The molecule has 0 amide bonds. The molecule has 1 fully saturated rings. The third-order valence-corrected chi connectivity index (χ3v) is 10.8. The molecular formula is C36H52N10O2S. The second-order valence-electron chi connectivity index (χ2n) is 13.4. The number of nitrogen functional groups attached to an aromatic ring is 1. The number of hydrogen-bond donors (Lipinski definition) is 1. The Morgan fingerprint density at radius 3 is 2.88 bits per heavy atom. The van der Waals surface area contributed by atoms with Crippen LogP contribution >= 0.6 is 11.3 Å². The van der Waals surface area contributed by atoms with Crippen LogP contribution in [0.15, 0.2) is 34.2 Å². The molecule has 4 heterocycles. The number of anilines is 1. The van der Waals surface area contributed by atoms with Crippen LogP contribution in [0.5, 0.6) is 5.88 Å². The number of thiophene rings is 1. The molecule has 0 radical (unpaired) electrons. The summed E-state index contributed by atoms with van der Waals surface area (Å²) < 4.78 is 13.6. The maximum Gasteiger partial charge on any atom is 0.253 e. The Hall–Kier alpha value is -4.02. The van der Waals surface area contributed by atoms with Gasteiger partial charge >= 0.3 is 0 Å². The van der Waals surface area contributed by atoms with Crippen molar-refractivity contribution in [3.63, 3.8) is 0 Å². The van der Waals surface area contributed by atoms with Gasteiger partial charge in [0, 0.05) is 36.3 Å². The molecule has 2 N–H and O–H groups in total. The largest absolute Gasteiger partial charge is 0.475 e. The van der Waals surface area contributed by atoms with E-state index in [1.165, 1.54) is 11.3 Å². The van der Waals surface area contributed by atoms with E-state index in [9.17, 15) is 5.26 Å². The van der Waals surface area contributed by atoms with Gasteiger partial charge in [-0.25, -0.2) is 9.67 Å². The number of nitrogens with two attached hydrogens (primary N) is 1. The van der Waals surface area contributed by atoms with Crippen molar-refractivity contribution in [3.8, 4) is 11.9 Å². The van der Waals surface area contributed by atoms with Gasteiger partial charge in [0.15, 0.2) is 5.82 Å². The summed E-state index contributed by atoms with van der Waals surface area (Å²) in [6.45, 7) is 18.5. The molecule has 1 aliphatic heterocycles. The van der Waals surface area contributed by atoms with Crippen molar-refractivity contribution in [3.05, 3.63) is 52.4 Å². The van der Waals surface area contributed by atoms with E-state index in [1.807, 2.05) is 23.2 Å². The van der Waals surface area contributed by atoms with Crippen LogP contribution in [0.3, 0.4) is 0 Å². The van der Waals surface area contributed by atoms with Gasteiger partial charge in [-0.05, 0) is 88.9 Å². The number of aromatic nitrogens is 5. The van der Waals surface area contributed by atoms with Gasteiger partial charge < -0.3 is 24.8 Å². The fourth-order valence-corrected chi connectivity index (χ4v) is 7.50. The van der Waals surface area contributed by atoms with E-state index in [4.69, 9.17) is 25.0 Å². The molecule has 1 saturated heterocycles. The summed E-state index contributed by atoms with van der Waals surface area (Å²) >= 11 is 1.51. The fraction of sp³-hybridized carbons (Fsp3) is 0.611. The molecule has 13 heteroatoms. The first-order chi connectivity index (χ1) is 23.8. The molecule has 3 aromatic heterocycles. The summed E-state index contributed by atoms with van der Waals surface area (Å²) in [6.07, 6.45) is 14.5. The Morgan fingerprint density at radius 2 is 2.08 bits per heavy atom. The normalized spacial score (nSPS) is 18.1. The molecule has 2 aliphatic rings. The van der Waals surface area contributed by atoms with Crippen molar-refractivity contribution >= 4 is 28.1 Å². The number of fused-ring (bicyclic) bond motifs is 1. The Labute approximate surface area is 294 Å². The van der Waals surface area contributed by atoms with Crippen LogP contribution in [0.25, 0.3) is 5.57 Å². The minimum atomic E-state index is -0.100. The number of ether oxygens (including phenoxy) is 1. The second kappa shape index (κ2) is 17.6. The molecule has 5 rings (SSSR count). The van der Waals surface area contributed by atoms with E-state index in [2.05, 4.69) is 65.6 Å². The van der Waals surface area contributed by atoms with Crippen molar-refractivity contribution in [1.82, 2.24) is 34.9 Å². The van der Waals surface area contributed by atoms with E-state index in [0.29, 0.717) is 46.7 Å². The standard InChI is InChI=1S/C36H52N10O2S/c1-6-7-12-28(35-40-36(48-42-35)29-13-10-14-31-33(29)30(23-37)34(38)49-31)15-16-39-27(5)45-19-11-18-44(20-21-45)17-8-9-22-47-32-24-46(43-41-32)26(4)25(2)3/h15-16,24-26,29H,5-14,17-22,38H2,1-4H3/b28-15+,39-16-. The van der Waals surface area contributed by atoms with Crippen LogP contribution in [0.2, 0.25) is 0 Å². The van der Waals surface area contributed by atoms with Gasteiger partial charge in [0.25, 0.3) is 5.88 Å². The highest BCUT2D eigenvalue weighted by atomic mass is 32.1. The topological polar surface area (TPSA) is 148 Å². The van der Waals surface area contributed by atoms with Gasteiger partial charge in [-0.15, -0.1) is 11.3 Å². The maximum absolute atomic E-state index is 9.76. The number of nitrogens with zero attached hydrogens (tertiary/aromatic N) is 9. The lowest BCUT2D eigenvalue weighted by Crippen LogP contribution is -2.30. The average Bonchev–Trinajstić information content (AvgIpc) is 3.81. The predicted molar refractivity (Wildman–Crippen MR) is 195 cm³/mol. The molecule has 0 bridgehead atoms. The Morgan fingerprint density at radius 1 is 1.22 bits per heavy atom. The van der Waals surface area contributed by atoms with Gasteiger partial charge in [0.1, 0.15) is 16.9 Å². The lowest BCUT2D eigenvalue weighted by Gasteiger charge is -2.23. The fourth-order valence-electron chi connectivity index (χ4n) is 6.38. The van der Waals surface area contributed by atoms with Crippen LogP contribution in [0, 0.1) is 17.2 Å². The van der Waals surface area contributed by atoms with Crippen LogP contribution in [0.1, 0.15) is 119 Å². The molecule has 0 spiro atoms. The first-order valence-electron chi connectivity index (χ1n) is 17.9. The molecule has 0 aromatic carbocycles. The Bertz CT molecular complexity index is 1630. The van der Waals surface area contributed by atoms with Crippen molar-refractivity contribution in [1.29, 1.82) is 5.26 Å². The number of nitriles is 1. The minimum Gasteiger partial charge on any atom is -0.475 e. The monoisotopic (exact) mass is 688 g/mol. The molecule has 264 valence electrons. The third kappa shape index (κ3) is 9.36. The van der Waals surface area contributed by atoms with Crippen molar-refractivity contribution in [2.24, 2.45) is 10.9 Å². The molecule has 1 aliphatic carbocycles. The first kappa shape index (κ1) is 36.3. The summed E-state index contributed by atoms with van der Waals surface area (Å²) in [4.78, 5) is 15.5. The first-order valence-corrected chi connectivity index (χ1v) is 18.7. The number of aryl methyl sites for hydroxylation is 1. The van der Waals surface area contributed by atoms with E-state index >= 15 is 0 Å². The summed E-state index contributed by atoms with van der Waals surface area (Å²) in [7, 11) is 0. The molecular weight excluding hydrogens is 637 g/mol. The average molecular weight is 689 g/mol. The Balaban J connectivity index is 1.10. The van der Waals surface area contributed by atoms with Crippen LogP contribution < -0.4 is 10.5 Å². The van der Waals surface area contributed by atoms with E-state index in [0.717, 1.165) is 112 Å². The molecule has 0 saturated carbocycles. The molecule has 2 unspecified atom stereocenters. The molecule has 2 atom stereocenters. The van der Waals surface area contributed by atoms with Crippen LogP contribution in [-0.2, 0) is 6.42 Å². The van der Waals surface area contributed by atoms with Gasteiger partial charge in [0.2, 0.25) is 5.89 Å². The highest BCUT2D eigenvalue weighted by Gasteiger charge is 2.32. The molecule has 12 nitrogen and oxygen atoms in total. The zero-order valence-electron chi connectivity index (χ0n) is 29.6. The highest BCUT2D eigenvalue weighted by molar-refractivity contribution is 7.16. The van der Waals surface area contributed by atoms with Gasteiger partial charge in [-0.3, -0.25) is 0 Å². The van der Waals surface area contributed by atoms with E-state index in [1.54, 1.807) is 0 Å². The highest BCUT2D eigenvalue weighted by Crippen LogP contribution is 2.44. The lowest BCUT2D eigenvalue weighted by molar-refractivity contribution is 0.250. The van der Waals surface area contributed by atoms with Gasteiger partial charge in [-0.2, -0.15) is 10.2 Å². The number of allylic oxidation sites excluding steroid dienone is 2. The number of rotatable bonds is 16. The molecule has 3 aromatic rings. The number of hydrogen-bond acceptors (Lipinski definition) is 12. The minimum absolute atomic E-state index is 0.100. The van der Waals surface area contributed by atoms with Crippen molar-refractivity contribution < 1.29 is 9.26 Å². The van der Waals surface area contributed by atoms with Crippen LogP contribution in [-0.4, -0.2) is 80.5 Å². The predicted octanol–water partition coefficient (Wildman–Crippen LogP) is 6.84. The molecule has 49 heavy (non-hydrogen) atoms. The van der Waals surface area contributed by atoms with Gasteiger partial charge in [0.05, 0.1) is 30.3 Å². The smallest absolute Gasteiger partial charge is 0.253 e. The number of unbranched alkanes of at least 4 members (excludes halogenated alkanes) is 2. The lowest BCUT2D eigenvalue weighted by atomic mass is 9.85. The SMILES string of the molecule is C=C(/N=C\C=C(/CCCC)c1noc(C2CCCc3sc(N)c(C#N)c32)n1)N1CCCN(CCCCOc2cn(C(C)C(C)C)nn2)CC1. The maximum atomic E-state index is 9.76. The van der Waals surface area contributed by atoms with Crippen molar-refractivity contribution in [2.45, 2.75) is 97.4 Å². The Kier molecular flexibility index (Phi) is 13.0.